The molecule has 1 aromatic carbocycles. The number of carbonyl (C=O) groups is 1. The van der Waals surface area contributed by atoms with Gasteiger partial charge in [-0.25, -0.2) is 14.2 Å². The van der Waals surface area contributed by atoms with Crippen LogP contribution in [0.1, 0.15) is 46.2 Å². The normalized spacial score (nSPS) is 18.3. The van der Waals surface area contributed by atoms with E-state index in [1.165, 1.54) is 17.2 Å². The number of carbonyl (C=O) groups excluding carboxylic acids is 1. The highest BCUT2D eigenvalue weighted by atomic mass is 19.3. The molecular weight excluding hydrogens is 441 g/mol. The molecule has 3 rings (SSSR count). The molecule has 1 unspecified atom stereocenters. The van der Waals surface area contributed by atoms with Crippen LogP contribution in [0.5, 0.6) is 5.75 Å². The molecule has 0 radical (unpaired) electrons. The third-order valence-electron chi connectivity index (χ3n) is 4.89. The number of cyclic esters (lactones) is 1. The Hall–Kier alpha value is -3.08. The van der Waals surface area contributed by atoms with Crippen LogP contribution in [0, 0.1) is 5.82 Å². The van der Waals surface area contributed by atoms with Crippen LogP contribution >= 0.6 is 0 Å². The number of amides is 1. The number of benzene rings is 1. The van der Waals surface area contributed by atoms with Gasteiger partial charge in [0.2, 0.25) is 5.95 Å². The fraction of sp³-hybridized carbons (Fsp3) is 0.500. The highest BCUT2D eigenvalue weighted by Crippen LogP contribution is 2.28. The molecule has 3 atom stereocenters. The summed E-state index contributed by atoms with van der Waals surface area (Å²) in [6, 6.07) is 4.41. The molecule has 1 saturated heterocycles. The Morgan fingerprint density at radius 1 is 1.24 bits per heavy atom. The van der Waals surface area contributed by atoms with Crippen LogP contribution in [0.25, 0.3) is 0 Å². The lowest BCUT2D eigenvalue weighted by molar-refractivity contribution is -0.0618. The zero-order valence-corrected chi connectivity index (χ0v) is 19.0. The SMILES string of the molecule is C[C@H](Nc1nccc(N2C(=O)OCC2[C@@H](C)OC(C)(C)C)n1)c1ccc(OC(F)F)c(F)c1. The molecule has 0 saturated carbocycles. The first-order chi connectivity index (χ1) is 15.4. The predicted molar refractivity (Wildman–Crippen MR) is 115 cm³/mol. The van der Waals surface area contributed by atoms with Crippen LogP contribution in [0.3, 0.4) is 0 Å². The van der Waals surface area contributed by atoms with Crippen molar-refractivity contribution in [1.29, 1.82) is 0 Å². The summed E-state index contributed by atoms with van der Waals surface area (Å²) in [4.78, 5) is 22.4. The lowest BCUT2D eigenvalue weighted by atomic mass is 10.1. The molecule has 1 amide bonds. The van der Waals surface area contributed by atoms with Gasteiger partial charge in [-0.05, 0) is 58.4 Å². The number of halogens is 3. The first kappa shape index (κ1) is 24.6. The summed E-state index contributed by atoms with van der Waals surface area (Å²) in [6.07, 6.45) is 0.618. The second kappa shape index (κ2) is 9.82. The van der Waals surface area contributed by atoms with Crippen molar-refractivity contribution in [2.24, 2.45) is 0 Å². The van der Waals surface area contributed by atoms with Gasteiger partial charge >= 0.3 is 12.7 Å². The summed E-state index contributed by atoms with van der Waals surface area (Å²) >= 11 is 0. The van der Waals surface area contributed by atoms with E-state index < -0.39 is 35.9 Å². The second-order valence-corrected chi connectivity index (χ2v) is 8.62. The molecule has 0 spiro atoms. The van der Waals surface area contributed by atoms with Gasteiger partial charge < -0.3 is 19.5 Å². The topological polar surface area (TPSA) is 85.8 Å². The first-order valence-corrected chi connectivity index (χ1v) is 10.4. The highest BCUT2D eigenvalue weighted by Gasteiger charge is 2.40. The van der Waals surface area contributed by atoms with Gasteiger partial charge in [-0.3, -0.25) is 4.90 Å². The molecule has 0 bridgehead atoms. The quantitative estimate of drug-likeness (QED) is 0.589. The van der Waals surface area contributed by atoms with E-state index in [9.17, 15) is 18.0 Å². The maximum atomic E-state index is 14.1. The molecule has 180 valence electrons. The molecule has 2 aromatic rings. The Kier molecular flexibility index (Phi) is 7.31. The van der Waals surface area contributed by atoms with E-state index in [-0.39, 0.29) is 24.7 Å². The van der Waals surface area contributed by atoms with Crippen LogP contribution in [0.15, 0.2) is 30.5 Å². The number of nitrogens with zero attached hydrogens (tertiary/aromatic N) is 3. The lowest BCUT2D eigenvalue weighted by Crippen LogP contribution is -2.45. The zero-order chi connectivity index (χ0) is 24.3. The van der Waals surface area contributed by atoms with Gasteiger partial charge in [0, 0.05) is 6.20 Å². The van der Waals surface area contributed by atoms with Crippen molar-refractivity contribution in [3.63, 3.8) is 0 Å². The van der Waals surface area contributed by atoms with E-state index in [1.807, 2.05) is 27.7 Å². The summed E-state index contributed by atoms with van der Waals surface area (Å²) < 4.78 is 54.1. The van der Waals surface area contributed by atoms with Crippen molar-refractivity contribution in [2.75, 3.05) is 16.8 Å². The number of ether oxygens (including phenoxy) is 3. The fourth-order valence-corrected chi connectivity index (χ4v) is 3.49. The van der Waals surface area contributed by atoms with E-state index in [0.717, 1.165) is 12.1 Å². The van der Waals surface area contributed by atoms with Crippen molar-refractivity contribution >= 4 is 17.9 Å². The summed E-state index contributed by atoms with van der Waals surface area (Å²) in [7, 11) is 0. The Bertz CT molecular complexity index is 986. The van der Waals surface area contributed by atoms with Crippen LogP contribution in [0.2, 0.25) is 0 Å². The second-order valence-electron chi connectivity index (χ2n) is 8.62. The van der Waals surface area contributed by atoms with Gasteiger partial charge in [0.1, 0.15) is 18.5 Å². The minimum Gasteiger partial charge on any atom is -0.447 e. The van der Waals surface area contributed by atoms with Crippen LogP contribution in [-0.2, 0) is 9.47 Å². The average Bonchev–Trinajstić information content (AvgIpc) is 3.10. The third kappa shape index (κ3) is 6.25. The smallest absolute Gasteiger partial charge is 0.416 e. The average molecular weight is 468 g/mol. The molecule has 11 heteroatoms. The molecule has 1 aliphatic rings. The first-order valence-electron chi connectivity index (χ1n) is 10.4. The van der Waals surface area contributed by atoms with E-state index in [1.54, 1.807) is 13.0 Å². The summed E-state index contributed by atoms with van der Waals surface area (Å²) in [5.41, 5.74) is 0.0594. The lowest BCUT2D eigenvalue weighted by Gasteiger charge is -2.31. The standard InChI is InChI=1S/C22H27F3N4O4/c1-12(14-6-7-17(15(23)10-14)32-19(24)25)27-20-26-9-8-18(28-20)29-16(11-31-21(29)30)13(2)33-22(3,4)5/h6-10,12-13,16,19H,11H2,1-5H3,(H,26,27,28)/t12-,13+,16?/m0/s1. The number of aromatic nitrogens is 2. The van der Waals surface area contributed by atoms with Gasteiger partial charge in [-0.2, -0.15) is 13.8 Å². The van der Waals surface area contributed by atoms with E-state index >= 15 is 0 Å². The van der Waals surface area contributed by atoms with Gasteiger partial charge in [0.25, 0.3) is 0 Å². The van der Waals surface area contributed by atoms with Crippen molar-refractivity contribution in [1.82, 2.24) is 9.97 Å². The molecule has 0 aliphatic carbocycles. The summed E-state index contributed by atoms with van der Waals surface area (Å²) in [5, 5.41) is 3.02. The third-order valence-corrected chi connectivity index (χ3v) is 4.89. The van der Waals surface area contributed by atoms with Crippen molar-refractivity contribution in [3.05, 3.63) is 41.8 Å². The van der Waals surface area contributed by atoms with Gasteiger partial charge in [0.15, 0.2) is 11.6 Å². The van der Waals surface area contributed by atoms with Crippen molar-refractivity contribution in [3.8, 4) is 5.75 Å². The van der Waals surface area contributed by atoms with Gasteiger partial charge in [0.05, 0.1) is 17.7 Å². The van der Waals surface area contributed by atoms with Crippen LogP contribution in [-0.4, -0.2) is 47.0 Å². The number of nitrogens with one attached hydrogen (secondary N) is 1. The van der Waals surface area contributed by atoms with E-state index in [0.29, 0.717) is 11.4 Å². The number of anilines is 2. The molecule has 33 heavy (non-hydrogen) atoms. The molecule has 1 aliphatic heterocycles. The highest BCUT2D eigenvalue weighted by molar-refractivity contribution is 5.89. The summed E-state index contributed by atoms with van der Waals surface area (Å²) in [5.74, 6) is -0.935. The Morgan fingerprint density at radius 2 is 1.97 bits per heavy atom. The molecule has 1 fully saturated rings. The molecule has 1 N–H and O–H groups in total. The van der Waals surface area contributed by atoms with Crippen LogP contribution in [0.4, 0.5) is 29.7 Å². The number of hydrogen-bond acceptors (Lipinski definition) is 7. The van der Waals surface area contributed by atoms with Crippen LogP contribution < -0.4 is 15.0 Å². The minimum absolute atomic E-state index is 0.158. The van der Waals surface area contributed by atoms with Gasteiger partial charge in [-0.1, -0.05) is 6.07 Å². The maximum absolute atomic E-state index is 14.1. The zero-order valence-electron chi connectivity index (χ0n) is 19.0. The fourth-order valence-electron chi connectivity index (χ4n) is 3.49. The maximum Gasteiger partial charge on any atom is 0.416 e. The predicted octanol–water partition coefficient (Wildman–Crippen LogP) is 4.92. The Balaban J connectivity index is 1.76. The summed E-state index contributed by atoms with van der Waals surface area (Å²) in [6.45, 7) is 6.41. The number of hydrogen-bond donors (Lipinski definition) is 1. The molecular formula is C22H27F3N4O4. The monoisotopic (exact) mass is 468 g/mol. The molecule has 1 aromatic heterocycles. The minimum atomic E-state index is -3.12. The number of rotatable bonds is 8. The van der Waals surface area contributed by atoms with Crippen molar-refractivity contribution in [2.45, 2.75) is 65.0 Å². The largest absolute Gasteiger partial charge is 0.447 e. The molecule has 2 heterocycles. The Labute approximate surface area is 190 Å². The molecule has 8 nitrogen and oxygen atoms in total. The number of alkyl halides is 2. The van der Waals surface area contributed by atoms with Crippen molar-refractivity contribution < 1.29 is 32.2 Å². The van der Waals surface area contributed by atoms with Gasteiger partial charge in [-0.15, -0.1) is 0 Å². The Morgan fingerprint density at radius 3 is 2.61 bits per heavy atom. The van der Waals surface area contributed by atoms with E-state index in [2.05, 4.69) is 20.0 Å². The van der Waals surface area contributed by atoms with E-state index in [4.69, 9.17) is 9.47 Å².